The minimum atomic E-state index is -4.72. The van der Waals surface area contributed by atoms with E-state index >= 15 is 0 Å². The molecule has 1 aliphatic rings. The Labute approximate surface area is 167 Å². The highest BCUT2D eigenvalue weighted by molar-refractivity contribution is 9.26. The van der Waals surface area contributed by atoms with Crippen LogP contribution in [0.2, 0.25) is 5.02 Å². The van der Waals surface area contributed by atoms with Crippen LogP contribution in [-0.4, -0.2) is 9.02 Å². The number of halogens is 7. The maximum atomic E-state index is 14.1. The average Bonchev–Trinajstić information content (AvgIpc) is 2.54. The molecule has 26 heavy (non-hydrogen) atoms. The van der Waals surface area contributed by atoms with Crippen LogP contribution in [0.3, 0.4) is 0 Å². The van der Waals surface area contributed by atoms with Gasteiger partial charge in [-0.2, -0.15) is 13.2 Å². The molecule has 0 saturated heterocycles. The van der Waals surface area contributed by atoms with Gasteiger partial charge in [0.2, 0.25) is 0 Å². The third-order valence-electron chi connectivity index (χ3n) is 3.91. The second kappa shape index (κ2) is 6.80. The summed E-state index contributed by atoms with van der Waals surface area (Å²) >= 11 is 12.4. The second-order valence-electron chi connectivity index (χ2n) is 5.72. The maximum absolute atomic E-state index is 14.1. The van der Waals surface area contributed by atoms with Gasteiger partial charge < -0.3 is 4.74 Å². The minimum absolute atomic E-state index is 0.149. The molecule has 0 spiro atoms. The van der Waals surface area contributed by atoms with Crippen LogP contribution in [0.4, 0.5) is 17.6 Å². The fourth-order valence-corrected chi connectivity index (χ4v) is 3.67. The molecule has 0 atom stereocenters. The number of aryl methyl sites for hydroxylation is 1. The molecule has 0 aromatic heterocycles. The third kappa shape index (κ3) is 3.77. The zero-order chi connectivity index (χ0) is 19.3. The van der Waals surface area contributed by atoms with Gasteiger partial charge in [-0.15, -0.1) is 0 Å². The van der Waals surface area contributed by atoms with E-state index < -0.39 is 31.6 Å². The summed E-state index contributed by atoms with van der Waals surface area (Å²) in [7, 11) is 0. The van der Waals surface area contributed by atoms with Crippen molar-refractivity contribution in [1.82, 2.24) is 0 Å². The Kier molecular flexibility index (Phi) is 5.13. The highest BCUT2D eigenvalue weighted by Gasteiger charge is 2.38. The summed E-state index contributed by atoms with van der Waals surface area (Å²) in [6.07, 6.45) is -3.66. The number of benzene rings is 2. The molecule has 0 unspecified atom stereocenters. The van der Waals surface area contributed by atoms with Crippen molar-refractivity contribution in [3.05, 3.63) is 57.9 Å². The van der Waals surface area contributed by atoms with Gasteiger partial charge in [0.1, 0.15) is 8.98 Å². The number of Topliss-reactive ketones (excluding diaryl/α,β-unsaturated/α-hetero) is 1. The van der Waals surface area contributed by atoms with E-state index in [1.165, 1.54) is 12.1 Å². The summed E-state index contributed by atoms with van der Waals surface area (Å²) in [5.74, 6) is -1.70. The molecular weight excluding hydrogens is 507 g/mol. The van der Waals surface area contributed by atoms with Gasteiger partial charge in [-0.3, -0.25) is 4.79 Å². The first-order valence-electron chi connectivity index (χ1n) is 7.29. The second-order valence-corrected chi connectivity index (χ2v) is 9.90. The van der Waals surface area contributed by atoms with Crippen molar-refractivity contribution < 1.29 is 27.1 Å². The predicted molar refractivity (Wildman–Crippen MR) is 96.2 cm³/mol. The number of ketones is 1. The number of carbonyl (C=O) groups excluding carboxylic acids is 1. The summed E-state index contributed by atoms with van der Waals surface area (Å²) in [4.78, 5) is 12.3. The number of fused-ring (bicyclic) bond motifs is 1. The van der Waals surface area contributed by atoms with Gasteiger partial charge in [-0.05, 0) is 48.7 Å². The Morgan fingerprint density at radius 2 is 1.85 bits per heavy atom. The van der Waals surface area contributed by atoms with E-state index in [1.807, 2.05) is 0 Å². The lowest BCUT2D eigenvalue weighted by molar-refractivity contribution is -0.137. The molecule has 1 aliphatic carbocycles. The van der Waals surface area contributed by atoms with Gasteiger partial charge in [-0.1, -0.05) is 43.5 Å². The molecule has 0 aliphatic heterocycles. The Bertz CT molecular complexity index is 874. The third-order valence-corrected chi connectivity index (χ3v) is 5.70. The summed E-state index contributed by atoms with van der Waals surface area (Å²) in [6.45, 7) is 0. The summed E-state index contributed by atoms with van der Waals surface area (Å²) in [5, 5.41) is -0.494. The van der Waals surface area contributed by atoms with Gasteiger partial charge in [0.25, 0.3) is 0 Å². The maximum Gasteiger partial charge on any atom is 0.416 e. The van der Waals surface area contributed by atoms with Crippen LogP contribution in [-0.2, 0) is 12.6 Å². The van der Waals surface area contributed by atoms with Crippen LogP contribution in [0.25, 0.3) is 0 Å². The van der Waals surface area contributed by atoms with Crippen LogP contribution in [0.1, 0.15) is 27.9 Å². The Hall–Kier alpha value is -1.12. The van der Waals surface area contributed by atoms with Crippen molar-refractivity contribution in [1.29, 1.82) is 0 Å². The van der Waals surface area contributed by atoms with E-state index in [4.69, 9.17) is 16.3 Å². The summed E-state index contributed by atoms with van der Waals surface area (Å²) in [5.41, 5.74) is -0.0174. The number of hydrogen-bond donors (Lipinski definition) is 0. The van der Waals surface area contributed by atoms with Crippen LogP contribution in [0.5, 0.6) is 11.5 Å². The fraction of sp³-hybridized carbons (Fsp3) is 0.235. The standard InChI is InChI=1S/C17H9Br2ClF4O2/c18-16(19)4-3-8-5-10(1-2-11(8)15(16)25)26-14-12(20)6-9(7-13(14)21)17(22,23)24/h1-2,5-7H,3-4H2. The first-order chi connectivity index (χ1) is 12.0. The zero-order valence-corrected chi connectivity index (χ0v) is 16.7. The first-order valence-corrected chi connectivity index (χ1v) is 9.25. The van der Waals surface area contributed by atoms with Gasteiger partial charge in [0.15, 0.2) is 17.3 Å². The molecular formula is C17H9Br2ClF4O2. The number of rotatable bonds is 2. The van der Waals surface area contributed by atoms with Crippen LogP contribution in [0, 0.1) is 5.82 Å². The van der Waals surface area contributed by atoms with Crippen LogP contribution < -0.4 is 4.74 Å². The lowest BCUT2D eigenvalue weighted by Crippen LogP contribution is -2.30. The Morgan fingerprint density at radius 1 is 1.15 bits per heavy atom. The summed E-state index contributed by atoms with van der Waals surface area (Å²) in [6, 6.07) is 5.44. The molecule has 3 rings (SSSR count). The number of alkyl halides is 5. The first kappa shape index (κ1) is 19.6. The predicted octanol–water partition coefficient (Wildman–Crippen LogP) is 6.91. The fourth-order valence-electron chi connectivity index (χ4n) is 2.60. The van der Waals surface area contributed by atoms with Crippen molar-refractivity contribution in [2.45, 2.75) is 22.3 Å². The van der Waals surface area contributed by atoms with Crippen molar-refractivity contribution in [3.8, 4) is 11.5 Å². The van der Waals surface area contributed by atoms with E-state index in [1.54, 1.807) is 6.07 Å². The highest BCUT2D eigenvalue weighted by Crippen LogP contribution is 2.42. The number of ether oxygens (including phenoxy) is 1. The molecule has 138 valence electrons. The van der Waals surface area contributed by atoms with E-state index in [9.17, 15) is 22.4 Å². The molecule has 0 N–H and O–H groups in total. The van der Waals surface area contributed by atoms with Gasteiger partial charge in [0, 0.05) is 5.56 Å². The largest absolute Gasteiger partial charge is 0.453 e. The molecule has 0 amide bonds. The van der Waals surface area contributed by atoms with Crippen molar-refractivity contribution >= 4 is 49.2 Å². The van der Waals surface area contributed by atoms with Crippen molar-refractivity contribution in [2.75, 3.05) is 0 Å². The molecule has 0 heterocycles. The molecule has 2 nitrogen and oxygen atoms in total. The zero-order valence-electron chi connectivity index (χ0n) is 12.8. The van der Waals surface area contributed by atoms with Crippen LogP contribution >= 0.6 is 43.5 Å². The normalized spacial score (nSPS) is 16.3. The molecule has 0 saturated carbocycles. The lowest BCUT2D eigenvalue weighted by Gasteiger charge is -2.26. The SMILES string of the molecule is O=C1c2ccc(Oc3c(F)cc(C(F)(F)F)cc3Cl)cc2CCC1(Br)Br. The molecule has 0 bridgehead atoms. The smallest absolute Gasteiger partial charge is 0.416 e. The van der Waals surface area contributed by atoms with Gasteiger partial charge >= 0.3 is 6.18 Å². The Balaban J connectivity index is 1.93. The molecule has 2 aromatic rings. The summed E-state index contributed by atoms with van der Waals surface area (Å²) < 4.78 is 56.7. The van der Waals surface area contributed by atoms with E-state index in [2.05, 4.69) is 31.9 Å². The molecule has 2 aromatic carbocycles. The van der Waals surface area contributed by atoms with E-state index in [-0.39, 0.29) is 11.5 Å². The highest BCUT2D eigenvalue weighted by atomic mass is 79.9. The molecule has 0 radical (unpaired) electrons. The minimum Gasteiger partial charge on any atom is -0.453 e. The number of hydrogen-bond acceptors (Lipinski definition) is 2. The average molecular weight is 517 g/mol. The van der Waals surface area contributed by atoms with Crippen molar-refractivity contribution in [3.63, 3.8) is 0 Å². The monoisotopic (exact) mass is 514 g/mol. The van der Waals surface area contributed by atoms with Crippen LogP contribution in [0.15, 0.2) is 30.3 Å². The van der Waals surface area contributed by atoms with Gasteiger partial charge in [-0.25, -0.2) is 4.39 Å². The number of carbonyl (C=O) groups is 1. The van der Waals surface area contributed by atoms with E-state index in [0.717, 1.165) is 0 Å². The Morgan fingerprint density at radius 3 is 2.46 bits per heavy atom. The lowest BCUT2D eigenvalue weighted by atomic mass is 9.90. The van der Waals surface area contributed by atoms with Gasteiger partial charge in [0.05, 0.1) is 10.6 Å². The molecule has 0 fully saturated rings. The molecule has 9 heteroatoms. The van der Waals surface area contributed by atoms with E-state index in [0.29, 0.717) is 36.1 Å². The topological polar surface area (TPSA) is 26.3 Å². The quantitative estimate of drug-likeness (QED) is 0.321. The van der Waals surface area contributed by atoms with Crippen molar-refractivity contribution in [2.24, 2.45) is 0 Å².